The molecule has 1 aromatic carbocycles. The summed E-state index contributed by atoms with van der Waals surface area (Å²) in [5.41, 5.74) is 0.941. The molecule has 0 spiro atoms. The number of rotatable bonds is 3. The largest absolute Gasteiger partial charge is 0.369 e. The maximum Gasteiger partial charge on any atom is 0.329 e. The lowest BCUT2D eigenvalue weighted by atomic mass is 10.2. The number of H-pyrrole nitrogens is 2. The van der Waals surface area contributed by atoms with Crippen molar-refractivity contribution in [2.24, 2.45) is 7.05 Å². The van der Waals surface area contributed by atoms with Gasteiger partial charge in [0.2, 0.25) is 0 Å². The average molecular weight is 375 g/mol. The molecule has 3 aromatic rings. The van der Waals surface area contributed by atoms with Crippen LogP contribution in [0.5, 0.6) is 0 Å². The van der Waals surface area contributed by atoms with E-state index in [-0.39, 0.29) is 0 Å². The zero-order valence-corrected chi connectivity index (χ0v) is 15.1. The first-order chi connectivity index (χ1) is 12.5. The molecule has 0 aliphatic carbocycles. The molecule has 0 radical (unpaired) electrons. The number of hydrogen-bond donors (Lipinski definition) is 2. The van der Waals surface area contributed by atoms with Crippen LogP contribution in [0.3, 0.4) is 0 Å². The number of imidazole rings is 1. The summed E-state index contributed by atoms with van der Waals surface area (Å²) in [6.45, 7) is 4.13. The van der Waals surface area contributed by atoms with E-state index in [0.29, 0.717) is 23.5 Å². The summed E-state index contributed by atoms with van der Waals surface area (Å²) in [7, 11) is 1.59. The Balaban J connectivity index is 1.47. The van der Waals surface area contributed by atoms with Crippen molar-refractivity contribution in [3.05, 3.63) is 56.0 Å². The van der Waals surface area contributed by atoms with E-state index in [4.69, 9.17) is 11.6 Å². The fourth-order valence-electron chi connectivity index (χ4n) is 3.28. The van der Waals surface area contributed by atoms with Crippen molar-refractivity contribution in [3.8, 4) is 0 Å². The Hall–Kier alpha value is -2.58. The Morgan fingerprint density at radius 1 is 1.15 bits per heavy atom. The Kier molecular flexibility index (Phi) is 4.29. The van der Waals surface area contributed by atoms with Crippen LogP contribution in [-0.2, 0) is 13.6 Å². The van der Waals surface area contributed by atoms with Crippen LogP contribution in [0, 0.1) is 0 Å². The molecule has 136 valence electrons. The zero-order chi connectivity index (χ0) is 18.3. The Bertz CT molecular complexity index is 1060. The topological polar surface area (TPSA) is 90.0 Å². The van der Waals surface area contributed by atoms with Crippen molar-refractivity contribution < 1.29 is 0 Å². The highest BCUT2D eigenvalue weighted by molar-refractivity contribution is 6.30. The standard InChI is InChI=1S/C17H19ClN6O2/c1-22-15-14(16(25)21-17(22)26)19-13(20-15)10-23-5-7-24(8-6-23)12-4-2-3-11(18)9-12/h2-4,9H,5-8,10H2,1H3,(H,19,20)(H,21,25,26). The summed E-state index contributed by atoms with van der Waals surface area (Å²) in [4.78, 5) is 37.9. The Morgan fingerprint density at radius 2 is 1.92 bits per heavy atom. The van der Waals surface area contributed by atoms with Gasteiger partial charge in [-0.3, -0.25) is 19.2 Å². The minimum atomic E-state index is -0.462. The van der Waals surface area contributed by atoms with E-state index in [0.717, 1.165) is 36.9 Å². The maximum absolute atomic E-state index is 11.9. The molecule has 9 heteroatoms. The molecular weight excluding hydrogens is 356 g/mol. The highest BCUT2D eigenvalue weighted by Gasteiger charge is 2.19. The van der Waals surface area contributed by atoms with Gasteiger partial charge in [0, 0.05) is 43.9 Å². The normalized spacial score (nSPS) is 15.7. The predicted molar refractivity (Wildman–Crippen MR) is 101 cm³/mol. The van der Waals surface area contributed by atoms with Crippen LogP contribution in [0.15, 0.2) is 33.9 Å². The monoisotopic (exact) mass is 374 g/mol. The van der Waals surface area contributed by atoms with Gasteiger partial charge >= 0.3 is 5.69 Å². The fraction of sp³-hybridized carbons (Fsp3) is 0.353. The van der Waals surface area contributed by atoms with Crippen LogP contribution in [0.2, 0.25) is 5.02 Å². The maximum atomic E-state index is 11.9. The van der Waals surface area contributed by atoms with Crippen molar-refractivity contribution in [2.75, 3.05) is 31.1 Å². The van der Waals surface area contributed by atoms with E-state index in [1.807, 2.05) is 18.2 Å². The first kappa shape index (κ1) is 16.9. The van der Waals surface area contributed by atoms with Gasteiger partial charge in [-0.2, -0.15) is 0 Å². The first-order valence-electron chi connectivity index (χ1n) is 8.42. The minimum absolute atomic E-state index is 0.333. The molecule has 3 heterocycles. The third-order valence-corrected chi connectivity index (χ3v) is 4.96. The number of aromatic amines is 2. The number of nitrogens with zero attached hydrogens (tertiary/aromatic N) is 4. The number of benzene rings is 1. The summed E-state index contributed by atoms with van der Waals surface area (Å²) in [6, 6.07) is 7.87. The second kappa shape index (κ2) is 6.62. The molecule has 0 atom stereocenters. The summed E-state index contributed by atoms with van der Waals surface area (Å²) in [6.07, 6.45) is 0. The van der Waals surface area contributed by atoms with Crippen LogP contribution in [0.1, 0.15) is 5.82 Å². The lowest BCUT2D eigenvalue weighted by molar-refractivity contribution is 0.245. The van der Waals surface area contributed by atoms with Crippen LogP contribution in [-0.4, -0.2) is 50.6 Å². The molecular formula is C17H19ClN6O2. The number of hydrogen-bond acceptors (Lipinski definition) is 5. The first-order valence-corrected chi connectivity index (χ1v) is 8.80. The lowest BCUT2D eigenvalue weighted by Gasteiger charge is -2.35. The highest BCUT2D eigenvalue weighted by Crippen LogP contribution is 2.21. The molecule has 0 amide bonds. The van der Waals surface area contributed by atoms with Crippen molar-refractivity contribution in [2.45, 2.75) is 6.54 Å². The van der Waals surface area contributed by atoms with Gasteiger partial charge in [-0.25, -0.2) is 9.78 Å². The van der Waals surface area contributed by atoms with Crippen LogP contribution < -0.4 is 16.1 Å². The Morgan fingerprint density at radius 3 is 2.65 bits per heavy atom. The molecule has 0 unspecified atom stereocenters. The van der Waals surface area contributed by atoms with Crippen molar-refractivity contribution >= 4 is 28.5 Å². The van der Waals surface area contributed by atoms with Gasteiger partial charge in [0.1, 0.15) is 11.3 Å². The van der Waals surface area contributed by atoms with Gasteiger partial charge in [-0.1, -0.05) is 17.7 Å². The number of halogens is 1. The van der Waals surface area contributed by atoms with Crippen molar-refractivity contribution in [1.29, 1.82) is 0 Å². The summed E-state index contributed by atoms with van der Waals surface area (Å²) in [5.74, 6) is 0.683. The third-order valence-electron chi connectivity index (χ3n) is 4.72. The molecule has 4 rings (SSSR count). The van der Waals surface area contributed by atoms with Gasteiger partial charge in [0.25, 0.3) is 5.56 Å². The Labute approximate surface area is 154 Å². The van der Waals surface area contributed by atoms with Crippen LogP contribution in [0.25, 0.3) is 11.2 Å². The lowest BCUT2D eigenvalue weighted by Crippen LogP contribution is -2.46. The number of nitrogens with one attached hydrogen (secondary N) is 2. The number of anilines is 1. The predicted octanol–water partition coefficient (Wildman–Crippen LogP) is 0.925. The fourth-order valence-corrected chi connectivity index (χ4v) is 3.46. The van der Waals surface area contributed by atoms with Crippen molar-refractivity contribution in [1.82, 2.24) is 24.4 Å². The minimum Gasteiger partial charge on any atom is -0.369 e. The number of fused-ring (bicyclic) bond motifs is 1. The van der Waals surface area contributed by atoms with Crippen LogP contribution >= 0.6 is 11.6 Å². The van der Waals surface area contributed by atoms with E-state index < -0.39 is 11.2 Å². The van der Waals surface area contributed by atoms with E-state index in [1.54, 1.807) is 7.05 Å². The SMILES string of the molecule is Cn1c(=O)[nH]c(=O)c2[nH]c(CN3CCN(c4cccc(Cl)c4)CC3)nc21. The molecule has 1 aliphatic heterocycles. The number of aromatic nitrogens is 4. The molecule has 26 heavy (non-hydrogen) atoms. The quantitative estimate of drug-likeness (QED) is 0.711. The molecule has 0 saturated carbocycles. The smallest absolute Gasteiger partial charge is 0.329 e. The second-order valence-electron chi connectivity index (χ2n) is 6.44. The summed E-state index contributed by atoms with van der Waals surface area (Å²) >= 11 is 6.07. The number of aryl methyl sites for hydroxylation is 1. The van der Waals surface area contributed by atoms with E-state index >= 15 is 0 Å². The molecule has 0 bridgehead atoms. The average Bonchev–Trinajstić information content (AvgIpc) is 3.05. The van der Waals surface area contributed by atoms with Gasteiger partial charge < -0.3 is 9.88 Å². The molecule has 1 fully saturated rings. The van der Waals surface area contributed by atoms with Crippen LogP contribution in [0.4, 0.5) is 5.69 Å². The molecule has 1 aliphatic rings. The molecule has 2 N–H and O–H groups in total. The highest BCUT2D eigenvalue weighted by atomic mass is 35.5. The number of piperazine rings is 1. The third kappa shape index (κ3) is 3.13. The van der Waals surface area contributed by atoms with E-state index in [1.165, 1.54) is 4.57 Å². The summed E-state index contributed by atoms with van der Waals surface area (Å²) < 4.78 is 1.34. The van der Waals surface area contributed by atoms with E-state index in [9.17, 15) is 9.59 Å². The van der Waals surface area contributed by atoms with Gasteiger partial charge in [-0.05, 0) is 18.2 Å². The van der Waals surface area contributed by atoms with E-state index in [2.05, 4.69) is 30.8 Å². The van der Waals surface area contributed by atoms with Gasteiger partial charge in [0.05, 0.1) is 6.54 Å². The molecule has 2 aromatic heterocycles. The zero-order valence-electron chi connectivity index (χ0n) is 14.3. The molecule has 1 saturated heterocycles. The molecule has 8 nitrogen and oxygen atoms in total. The van der Waals surface area contributed by atoms with Gasteiger partial charge in [-0.15, -0.1) is 0 Å². The summed E-state index contributed by atoms with van der Waals surface area (Å²) in [5, 5.41) is 0.739. The second-order valence-corrected chi connectivity index (χ2v) is 6.88. The van der Waals surface area contributed by atoms with Gasteiger partial charge in [0.15, 0.2) is 5.65 Å². The van der Waals surface area contributed by atoms with Crippen molar-refractivity contribution in [3.63, 3.8) is 0 Å².